The Morgan fingerprint density at radius 1 is 0.391 bits per heavy atom. The Morgan fingerprint density at radius 2 is 0.935 bits per heavy atom. The van der Waals surface area contributed by atoms with Crippen LogP contribution in [-0.4, -0.2) is 0 Å². The third-order valence-corrected chi connectivity index (χ3v) is 11.6. The molecule has 1 heterocycles. The molecule has 0 aliphatic heterocycles. The quantitative estimate of drug-likeness (QED) is 0.173. The molecule has 1 heteroatoms. The standard InChI is InChI=1S/C45H30S/c1-45(2)38-24-21-27-11-3-4-12-30(27)44(38)37-23-20-28(25-39(37)45)42-33-14-5-7-16-35(33)43(36-17-8-6-15-34(36)42)29-19-22-32-31-13-9-10-18-40(31)46-41(32)26-29/h3-26H,1-2H3. The molecule has 0 radical (unpaired) electrons. The predicted molar refractivity (Wildman–Crippen MR) is 200 cm³/mol. The highest BCUT2D eigenvalue weighted by atomic mass is 32.1. The van der Waals surface area contributed by atoms with Crippen molar-refractivity contribution >= 4 is 63.8 Å². The number of rotatable bonds is 2. The van der Waals surface area contributed by atoms with E-state index in [9.17, 15) is 0 Å². The molecule has 0 fully saturated rings. The zero-order valence-electron chi connectivity index (χ0n) is 25.8. The van der Waals surface area contributed by atoms with Crippen LogP contribution < -0.4 is 0 Å². The molecule has 46 heavy (non-hydrogen) atoms. The van der Waals surface area contributed by atoms with Gasteiger partial charge in [-0.25, -0.2) is 0 Å². The first-order valence-electron chi connectivity index (χ1n) is 16.1. The third kappa shape index (κ3) is 3.49. The summed E-state index contributed by atoms with van der Waals surface area (Å²) in [6, 6.07) is 54.5. The Kier molecular flexibility index (Phi) is 5.31. The Bertz CT molecular complexity index is 2660. The molecule has 0 unspecified atom stereocenters. The normalized spacial score (nSPS) is 13.6. The van der Waals surface area contributed by atoms with E-state index in [0.717, 1.165) is 0 Å². The molecule has 9 aromatic rings. The Labute approximate surface area is 272 Å². The molecule has 0 saturated heterocycles. The summed E-state index contributed by atoms with van der Waals surface area (Å²) in [5.74, 6) is 0. The lowest BCUT2D eigenvalue weighted by Crippen LogP contribution is -2.15. The van der Waals surface area contributed by atoms with Gasteiger partial charge in [0, 0.05) is 25.6 Å². The number of thiophene rings is 1. The molecule has 0 amide bonds. The first kappa shape index (κ1) is 26.0. The summed E-state index contributed by atoms with van der Waals surface area (Å²) >= 11 is 1.89. The Hall–Kier alpha value is -5.24. The molecule has 10 rings (SSSR count). The molecule has 0 nitrogen and oxygen atoms in total. The average molecular weight is 603 g/mol. The van der Waals surface area contributed by atoms with Crippen LogP contribution in [0.25, 0.3) is 85.9 Å². The third-order valence-electron chi connectivity index (χ3n) is 10.5. The number of fused-ring (bicyclic) bond motifs is 10. The maximum atomic E-state index is 2.49. The van der Waals surface area contributed by atoms with E-state index in [1.54, 1.807) is 0 Å². The van der Waals surface area contributed by atoms with Crippen LogP contribution in [0.2, 0.25) is 0 Å². The summed E-state index contributed by atoms with van der Waals surface area (Å²) in [6.07, 6.45) is 0. The molecule has 0 spiro atoms. The summed E-state index contributed by atoms with van der Waals surface area (Å²) < 4.78 is 2.68. The fourth-order valence-corrected chi connectivity index (χ4v) is 9.44. The molecule has 1 aromatic heterocycles. The topological polar surface area (TPSA) is 0 Å². The van der Waals surface area contributed by atoms with E-state index in [4.69, 9.17) is 0 Å². The second kappa shape index (κ2) is 9.39. The van der Waals surface area contributed by atoms with Crippen LogP contribution in [0.15, 0.2) is 146 Å². The average Bonchev–Trinajstić information content (AvgIpc) is 3.58. The van der Waals surface area contributed by atoms with Crippen molar-refractivity contribution in [2.75, 3.05) is 0 Å². The first-order chi connectivity index (χ1) is 22.6. The van der Waals surface area contributed by atoms with Gasteiger partial charge in [0.05, 0.1) is 0 Å². The van der Waals surface area contributed by atoms with Gasteiger partial charge >= 0.3 is 0 Å². The highest BCUT2D eigenvalue weighted by Gasteiger charge is 2.36. The van der Waals surface area contributed by atoms with Gasteiger partial charge in [-0.15, -0.1) is 11.3 Å². The number of hydrogen-bond donors (Lipinski definition) is 0. The lowest BCUT2D eigenvalue weighted by molar-refractivity contribution is 0.661. The minimum atomic E-state index is -0.0874. The van der Waals surface area contributed by atoms with Gasteiger partial charge in [0.25, 0.3) is 0 Å². The second-order valence-corrected chi connectivity index (χ2v) is 14.3. The van der Waals surface area contributed by atoms with E-state index in [2.05, 4.69) is 159 Å². The zero-order chi connectivity index (χ0) is 30.6. The summed E-state index contributed by atoms with van der Waals surface area (Å²) in [4.78, 5) is 0. The predicted octanol–water partition coefficient (Wildman–Crippen LogP) is 13.2. The van der Waals surface area contributed by atoms with Crippen molar-refractivity contribution in [3.63, 3.8) is 0 Å². The zero-order valence-corrected chi connectivity index (χ0v) is 26.6. The molecule has 0 atom stereocenters. The molecular weight excluding hydrogens is 573 g/mol. The van der Waals surface area contributed by atoms with Crippen LogP contribution in [0, 0.1) is 0 Å². The van der Waals surface area contributed by atoms with Crippen molar-refractivity contribution in [2.24, 2.45) is 0 Å². The van der Waals surface area contributed by atoms with Crippen LogP contribution in [-0.2, 0) is 5.41 Å². The maximum absolute atomic E-state index is 2.49. The molecule has 1 aliphatic rings. The van der Waals surface area contributed by atoms with Crippen LogP contribution in [0.4, 0.5) is 0 Å². The van der Waals surface area contributed by atoms with E-state index in [-0.39, 0.29) is 5.41 Å². The van der Waals surface area contributed by atoms with Crippen molar-refractivity contribution in [3.8, 4) is 33.4 Å². The van der Waals surface area contributed by atoms with Crippen molar-refractivity contribution < 1.29 is 0 Å². The Balaban J connectivity index is 1.24. The number of benzene rings is 8. The van der Waals surface area contributed by atoms with Crippen LogP contribution in [0.5, 0.6) is 0 Å². The van der Waals surface area contributed by atoms with Crippen molar-refractivity contribution in [3.05, 3.63) is 157 Å². The van der Waals surface area contributed by atoms with Gasteiger partial charge in [-0.2, -0.15) is 0 Å². The van der Waals surface area contributed by atoms with E-state index >= 15 is 0 Å². The van der Waals surface area contributed by atoms with E-state index in [0.29, 0.717) is 0 Å². The van der Waals surface area contributed by atoms with E-state index < -0.39 is 0 Å². The molecule has 1 aliphatic carbocycles. The molecule has 0 saturated carbocycles. The van der Waals surface area contributed by atoms with Gasteiger partial charge in [-0.1, -0.05) is 141 Å². The van der Waals surface area contributed by atoms with Crippen molar-refractivity contribution in [1.29, 1.82) is 0 Å². The molecular formula is C45H30S. The fourth-order valence-electron chi connectivity index (χ4n) is 8.29. The monoisotopic (exact) mass is 602 g/mol. The van der Waals surface area contributed by atoms with Gasteiger partial charge in [-0.05, 0) is 95.0 Å². The minimum absolute atomic E-state index is 0.0874. The van der Waals surface area contributed by atoms with Crippen molar-refractivity contribution in [2.45, 2.75) is 19.3 Å². The summed E-state index contributed by atoms with van der Waals surface area (Å²) in [5.41, 5.74) is 10.7. The van der Waals surface area contributed by atoms with Crippen LogP contribution in [0.1, 0.15) is 25.0 Å². The lowest BCUT2D eigenvalue weighted by Gasteiger charge is -2.23. The SMILES string of the molecule is CC1(C)c2cc(-c3c4ccccc4c(-c4ccc5c(c4)sc4ccccc45)c4ccccc34)ccc2-c2c1ccc1ccccc21. The largest absolute Gasteiger partial charge is 0.135 e. The maximum Gasteiger partial charge on any atom is 0.0361 e. The summed E-state index contributed by atoms with van der Waals surface area (Å²) in [5, 5.41) is 10.5. The molecule has 0 bridgehead atoms. The van der Waals surface area contributed by atoms with E-state index in [1.165, 1.54) is 97.0 Å². The van der Waals surface area contributed by atoms with Gasteiger partial charge in [0.1, 0.15) is 0 Å². The highest BCUT2D eigenvalue weighted by Crippen LogP contribution is 2.53. The summed E-state index contributed by atoms with van der Waals surface area (Å²) in [7, 11) is 0. The van der Waals surface area contributed by atoms with Gasteiger partial charge in [-0.3, -0.25) is 0 Å². The summed E-state index contributed by atoms with van der Waals surface area (Å²) in [6.45, 7) is 4.78. The molecule has 0 N–H and O–H groups in total. The Morgan fingerprint density at radius 3 is 1.63 bits per heavy atom. The van der Waals surface area contributed by atoms with Gasteiger partial charge in [0.15, 0.2) is 0 Å². The van der Waals surface area contributed by atoms with Gasteiger partial charge in [0.2, 0.25) is 0 Å². The smallest absolute Gasteiger partial charge is 0.0361 e. The van der Waals surface area contributed by atoms with Crippen LogP contribution in [0.3, 0.4) is 0 Å². The van der Waals surface area contributed by atoms with Crippen molar-refractivity contribution in [1.82, 2.24) is 0 Å². The fraction of sp³-hybridized carbons (Fsp3) is 0.0667. The molecule has 8 aromatic carbocycles. The lowest BCUT2D eigenvalue weighted by atomic mass is 9.80. The van der Waals surface area contributed by atoms with E-state index in [1.807, 2.05) is 11.3 Å². The second-order valence-electron chi connectivity index (χ2n) is 13.2. The first-order valence-corrected chi connectivity index (χ1v) is 16.9. The minimum Gasteiger partial charge on any atom is -0.135 e. The van der Waals surface area contributed by atoms with Gasteiger partial charge < -0.3 is 0 Å². The number of hydrogen-bond acceptors (Lipinski definition) is 1. The molecule has 216 valence electrons. The highest BCUT2D eigenvalue weighted by molar-refractivity contribution is 7.25. The van der Waals surface area contributed by atoms with Crippen LogP contribution >= 0.6 is 11.3 Å².